The molecule has 0 aliphatic carbocycles. The Balaban J connectivity index is 2.04. The highest BCUT2D eigenvalue weighted by Crippen LogP contribution is 2.23. The molecule has 4 heteroatoms. The van der Waals surface area contributed by atoms with Crippen molar-refractivity contribution in [1.82, 2.24) is 0 Å². The monoisotopic (exact) mass is 238 g/mol. The predicted molar refractivity (Wildman–Crippen MR) is 67.3 cm³/mol. The highest BCUT2D eigenvalue weighted by Gasteiger charge is 2.17. The van der Waals surface area contributed by atoms with Crippen molar-refractivity contribution in [2.45, 2.75) is 18.9 Å². The van der Waals surface area contributed by atoms with E-state index in [1.54, 1.807) is 0 Å². The van der Waals surface area contributed by atoms with Crippen molar-refractivity contribution in [1.29, 1.82) is 0 Å². The molecule has 1 aromatic rings. The molecule has 1 unspecified atom stereocenters. The summed E-state index contributed by atoms with van der Waals surface area (Å²) in [6.45, 7) is 1.56. The van der Waals surface area contributed by atoms with Crippen LogP contribution in [0.2, 0.25) is 0 Å². The zero-order chi connectivity index (χ0) is 12.1. The normalized spacial score (nSPS) is 20.4. The predicted octanol–water partition coefficient (Wildman–Crippen LogP) is 1.96. The van der Waals surface area contributed by atoms with Crippen LogP contribution >= 0.6 is 0 Å². The molecule has 1 heterocycles. The second kappa shape index (κ2) is 5.87. The van der Waals surface area contributed by atoms with Crippen LogP contribution in [0, 0.1) is 0 Å². The number of benzene rings is 1. The van der Waals surface area contributed by atoms with E-state index in [9.17, 15) is 4.39 Å². The molecule has 1 atom stereocenters. The van der Waals surface area contributed by atoms with Gasteiger partial charge >= 0.3 is 0 Å². The maximum atomic E-state index is 12.0. The van der Waals surface area contributed by atoms with Crippen LogP contribution in [0.5, 0.6) is 5.75 Å². The third kappa shape index (κ3) is 3.33. The first kappa shape index (κ1) is 12.2. The molecule has 17 heavy (non-hydrogen) atoms. The van der Waals surface area contributed by atoms with Gasteiger partial charge in [0, 0.05) is 30.9 Å². The van der Waals surface area contributed by atoms with Crippen LogP contribution in [0.1, 0.15) is 12.8 Å². The molecule has 1 fully saturated rings. The Hall–Kier alpha value is -1.29. The topological polar surface area (TPSA) is 38.5 Å². The molecule has 0 aromatic heterocycles. The van der Waals surface area contributed by atoms with Gasteiger partial charge in [-0.2, -0.15) is 0 Å². The molecule has 0 amide bonds. The van der Waals surface area contributed by atoms with Crippen LogP contribution in [0.25, 0.3) is 0 Å². The van der Waals surface area contributed by atoms with E-state index in [-0.39, 0.29) is 12.6 Å². The highest BCUT2D eigenvalue weighted by atomic mass is 19.1. The van der Waals surface area contributed by atoms with Crippen LogP contribution < -0.4 is 15.4 Å². The van der Waals surface area contributed by atoms with Gasteiger partial charge in [0.15, 0.2) is 0 Å². The Kier molecular flexibility index (Phi) is 4.20. The Labute approximate surface area is 101 Å². The van der Waals surface area contributed by atoms with E-state index in [0.29, 0.717) is 0 Å². The quantitative estimate of drug-likeness (QED) is 0.871. The second-order valence-corrected chi connectivity index (χ2v) is 4.38. The minimum Gasteiger partial charge on any atom is -0.491 e. The maximum absolute atomic E-state index is 12.0. The van der Waals surface area contributed by atoms with E-state index >= 15 is 0 Å². The van der Waals surface area contributed by atoms with Gasteiger partial charge in [-0.05, 0) is 25.0 Å². The number of ether oxygens (including phenoxy) is 1. The first-order chi connectivity index (χ1) is 8.29. The molecule has 1 aliphatic heterocycles. The summed E-state index contributed by atoms with van der Waals surface area (Å²) in [5.74, 6) is 0.722. The van der Waals surface area contributed by atoms with Crippen molar-refractivity contribution in [2.75, 3.05) is 31.3 Å². The van der Waals surface area contributed by atoms with E-state index in [2.05, 4.69) is 4.90 Å². The fourth-order valence-corrected chi connectivity index (χ4v) is 2.17. The van der Waals surface area contributed by atoms with Gasteiger partial charge in [-0.3, -0.25) is 0 Å². The average molecular weight is 238 g/mol. The number of piperidine rings is 1. The number of nitrogens with zero attached hydrogens (tertiary/aromatic N) is 1. The summed E-state index contributed by atoms with van der Waals surface area (Å²) in [5, 5.41) is 0. The lowest BCUT2D eigenvalue weighted by Crippen LogP contribution is -2.42. The molecule has 1 aromatic carbocycles. The summed E-state index contributed by atoms with van der Waals surface area (Å²) >= 11 is 0. The first-order valence-electron chi connectivity index (χ1n) is 6.09. The largest absolute Gasteiger partial charge is 0.491 e. The molecule has 0 bridgehead atoms. The molecule has 1 aliphatic rings. The summed E-state index contributed by atoms with van der Waals surface area (Å²) in [6, 6.07) is 8.03. The molecule has 1 saturated heterocycles. The number of hydrogen-bond donors (Lipinski definition) is 1. The van der Waals surface area contributed by atoms with Gasteiger partial charge in [-0.1, -0.05) is 6.07 Å². The van der Waals surface area contributed by atoms with Gasteiger partial charge in [0.1, 0.15) is 19.0 Å². The average Bonchev–Trinajstić information content (AvgIpc) is 2.37. The van der Waals surface area contributed by atoms with Gasteiger partial charge < -0.3 is 15.4 Å². The lowest BCUT2D eigenvalue weighted by Gasteiger charge is -2.32. The number of anilines is 1. The maximum Gasteiger partial charge on any atom is 0.123 e. The van der Waals surface area contributed by atoms with Gasteiger partial charge in [-0.15, -0.1) is 0 Å². The van der Waals surface area contributed by atoms with Crippen LogP contribution in [0.15, 0.2) is 24.3 Å². The zero-order valence-corrected chi connectivity index (χ0v) is 9.94. The summed E-state index contributed by atoms with van der Waals surface area (Å²) < 4.78 is 17.3. The number of nitrogens with two attached hydrogens (primary N) is 1. The summed E-state index contributed by atoms with van der Waals surface area (Å²) in [6.07, 6.45) is 2.21. The van der Waals surface area contributed by atoms with Crippen LogP contribution in [-0.2, 0) is 0 Å². The van der Waals surface area contributed by atoms with E-state index < -0.39 is 6.67 Å². The van der Waals surface area contributed by atoms with Gasteiger partial charge in [0.05, 0.1) is 0 Å². The van der Waals surface area contributed by atoms with Crippen molar-refractivity contribution in [3.8, 4) is 5.75 Å². The van der Waals surface area contributed by atoms with Crippen LogP contribution in [0.3, 0.4) is 0 Å². The molecule has 0 spiro atoms. The third-order valence-electron chi connectivity index (χ3n) is 2.99. The first-order valence-corrected chi connectivity index (χ1v) is 6.09. The smallest absolute Gasteiger partial charge is 0.123 e. The molecular weight excluding hydrogens is 219 g/mol. The zero-order valence-electron chi connectivity index (χ0n) is 9.94. The molecule has 2 N–H and O–H groups in total. The standard InChI is InChI=1S/C13H19FN2O/c14-6-8-17-13-5-1-4-12(9-13)16-7-2-3-11(15)10-16/h1,4-5,9,11H,2-3,6-8,10,15H2. The Morgan fingerprint density at radius 3 is 3.12 bits per heavy atom. The summed E-state index contributed by atoms with van der Waals surface area (Å²) in [7, 11) is 0. The molecule has 3 nitrogen and oxygen atoms in total. The third-order valence-corrected chi connectivity index (χ3v) is 2.99. The van der Waals surface area contributed by atoms with Crippen LogP contribution in [-0.4, -0.2) is 32.4 Å². The minimum atomic E-state index is -0.460. The highest BCUT2D eigenvalue weighted by molar-refractivity contribution is 5.51. The van der Waals surface area contributed by atoms with Crippen molar-refractivity contribution >= 4 is 5.69 Å². The molecular formula is C13H19FN2O. The van der Waals surface area contributed by atoms with Crippen molar-refractivity contribution in [3.63, 3.8) is 0 Å². The summed E-state index contributed by atoms with van der Waals surface area (Å²) in [4.78, 5) is 2.26. The Morgan fingerprint density at radius 2 is 2.35 bits per heavy atom. The lowest BCUT2D eigenvalue weighted by molar-refractivity contribution is 0.273. The second-order valence-electron chi connectivity index (χ2n) is 4.38. The molecule has 0 saturated carbocycles. The Morgan fingerprint density at radius 1 is 1.47 bits per heavy atom. The van der Waals surface area contributed by atoms with Crippen molar-refractivity contribution < 1.29 is 9.13 Å². The van der Waals surface area contributed by atoms with Crippen molar-refractivity contribution in [2.24, 2.45) is 5.73 Å². The number of alkyl halides is 1. The number of halogens is 1. The van der Waals surface area contributed by atoms with Crippen LogP contribution in [0.4, 0.5) is 10.1 Å². The molecule has 94 valence electrons. The van der Waals surface area contributed by atoms with E-state index in [1.165, 1.54) is 0 Å². The minimum absolute atomic E-state index is 0.114. The van der Waals surface area contributed by atoms with E-state index in [1.807, 2.05) is 24.3 Å². The fraction of sp³-hybridized carbons (Fsp3) is 0.538. The van der Waals surface area contributed by atoms with E-state index in [4.69, 9.17) is 10.5 Å². The van der Waals surface area contributed by atoms with E-state index in [0.717, 1.165) is 37.4 Å². The molecule has 0 radical (unpaired) electrons. The number of hydrogen-bond acceptors (Lipinski definition) is 3. The molecule has 2 rings (SSSR count). The van der Waals surface area contributed by atoms with Crippen molar-refractivity contribution in [3.05, 3.63) is 24.3 Å². The fourth-order valence-electron chi connectivity index (χ4n) is 2.17. The van der Waals surface area contributed by atoms with Gasteiger partial charge in [-0.25, -0.2) is 4.39 Å². The SMILES string of the molecule is NC1CCCN(c2cccc(OCCF)c2)C1. The Bertz CT molecular complexity index is 359. The number of rotatable bonds is 4. The van der Waals surface area contributed by atoms with Gasteiger partial charge in [0.2, 0.25) is 0 Å². The lowest BCUT2D eigenvalue weighted by atomic mass is 10.1. The summed E-state index contributed by atoms with van der Waals surface area (Å²) in [5.41, 5.74) is 7.07. The van der Waals surface area contributed by atoms with Gasteiger partial charge in [0.25, 0.3) is 0 Å².